The van der Waals surface area contributed by atoms with Gasteiger partial charge >= 0.3 is 0 Å². The van der Waals surface area contributed by atoms with E-state index < -0.39 is 0 Å². The van der Waals surface area contributed by atoms with Crippen LogP contribution in [0.25, 0.3) is 0 Å². The molecule has 15 heavy (non-hydrogen) atoms. The first kappa shape index (κ1) is 10.1. The molecule has 0 amide bonds. The van der Waals surface area contributed by atoms with E-state index in [1.54, 1.807) is 6.20 Å². The van der Waals surface area contributed by atoms with Gasteiger partial charge in [-0.3, -0.25) is 9.78 Å². The first-order chi connectivity index (χ1) is 7.16. The number of aryl methyl sites for hydroxylation is 2. The predicted octanol–water partition coefficient (Wildman–Crippen LogP) is 1.26. The van der Waals surface area contributed by atoms with E-state index in [-0.39, 0.29) is 0 Å². The van der Waals surface area contributed by atoms with Crippen LogP contribution in [0.3, 0.4) is 0 Å². The Balaban J connectivity index is 2.27. The first-order valence-electron chi connectivity index (χ1n) is 5.23. The third kappa shape index (κ3) is 2.14. The molecule has 0 radical (unpaired) electrons. The Morgan fingerprint density at radius 2 is 2.20 bits per heavy atom. The molecule has 1 aromatic heterocycles. The standard InChI is InChI=1S/C11H15N3O/c1-8-6-12-9(2)11(13-8)14-5-3-4-10(15)7-14/h6H,3-5,7H2,1-2H3. The monoisotopic (exact) mass is 205 g/mol. The van der Waals surface area contributed by atoms with Crippen molar-refractivity contribution in [2.24, 2.45) is 0 Å². The van der Waals surface area contributed by atoms with Gasteiger partial charge in [0.25, 0.3) is 0 Å². The number of anilines is 1. The predicted molar refractivity (Wildman–Crippen MR) is 58.0 cm³/mol. The molecular weight excluding hydrogens is 190 g/mol. The van der Waals surface area contributed by atoms with Gasteiger partial charge < -0.3 is 4.90 Å². The average molecular weight is 205 g/mol. The molecule has 0 bridgehead atoms. The molecule has 0 saturated carbocycles. The Morgan fingerprint density at radius 3 is 2.93 bits per heavy atom. The maximum atomic E-state index is 11.4. The van der Waals surface area contributed by atoms with Crippen molar-refractivity contribution in [3.05, 3.63) is 17.6 Å². The molecule has 1 fully saturated rings. The second-order valence-corrected chi connectivity index (χ2v) is 3.98. The number of rotatable bonds is 1. The third-order valence-corrected chi connectivity index (χ3v) is 2.60. The molecule has 2 rings (SSSR count). The van der Waals surface area contributed by atoms with E-state index in [9.17, 15) is 4.79 Å². The summed E-state index contributed by atoms with van der Waals surface area (Å²) >= 11 is 0. The van der Waals surface area contributed by atoms with E-state index in [1.165, 1.54) is 0 Å². The van der Waals surface area contributed by atoms with Crippen LogP contribution >= 0.6 is 0 Å². The molecule has 0 spiro atoms. The number of ketones is 1. The van der Waals surface area contributed by atoms with Gasteiger partial charge in [0, 0.05) is 19.2 Å². The molecule has 1 aliphatic heterocycles. The van der Waals surface area contributed by atoms with Gasteiger partial charge in [0.1, 0.15) is 0 Å². The number of aromatic nitrogens is 2. The third-order valence-electron chi connectivity index (χ3n) is 2.60. The van der Waals surface area contributed by atoms with E-state index >= 15 is 0 Å². The minimum absolute atomic E-state index is 0.295. The average Bonchev–Trinajstić information content (AvgIpc) is 2.22. The highest BCUT2D eigenvalue weighted by molar-refractivity contribution is 5.84. The highest BCUT2D eigenvalue weighted by Gasteiger charge is 2.19. The van der Waals surface area contributed by atoms with Crippen LogP contribution in [0.1, 0.15) is 24.2 Å². The zero-order chi connectivity index (χ0) is 10.8. The Kier molecular flexibility index (Phi) is 2.66. The van der Waals surface area contributed by atoms with Gasteiger partial charge in [-0.2, -0.15) is 0 Å². The Labute approximate surface area is 89.3 Å². The molecule has 0 aromatic carbocycles. The summed E-state index contributed by atoms with van der Waals surface area (Å²) < 4.78 is 0. The van der Waals surface area contributed by atoms with Crippen LogP contribution in [0.2, 0.25) is 0 Å². The summed E-state index contributed by atoms with van der Waals surface area (Å²) in [5.74, 6) is 1.16. The van der Waals surface area contributed by atoms with Crippen molar-refractivity contribution in [2.75, 3.05) is 18.0 Å². The Bertz CT molecular complexity index is 389. The van der Waals surface area contributed by atoms with Crippen molar-refractivity contribution < 1.29 is 4.79 Å². The topological polar surface area (TPSA) is 46.1 Å². The van der Waals surface area contributed by atoms with Crippen molar-refractivity contribution >= 4 is 11.6 Å². The van der Waals surface area contributed by atoms with Crippen LogP contribution in [0.15, 0.2) is 6.20 Å². The SMILES string of the molecule is Cc1cnc(C)c(N2CCCC(=O)C2)n1. The maximum Gasteiger partial charge on any atom is 0.152 e. The van der Waals surface area contributed by atoms with Crippen molar-refractivity contribution in [3.8, 4) is 0 Å². The quantitative estimate of drug-likeness (QED) is 0.692. The van der Waals surface area contributed by atoms with Gasteiger partial charge in [0.2, 0.25) is 0 Å². The zero-order valence-corrected chi connectivity index (χ0v) is 9.16. The number of Topliss-reactive ketones (excluding diaryl/α,β-unsaturated/α-hetero) is 1. The number of hydrogen-bond donors (Lipinski definition) is 0. The van der Waals surface area contributed by atoms with Gasteiger partial charge in [-0.15, -0.1) is 0 Å². The van der Waals surface area contributed by atoms with Gasteiger partial charge in [0.15, 0.2) is 11.6 Å². The van der Waals surface area contributed by atoms with Crippen LogP contribution in [0, 0.1) is 13.8 Å². The van der Waals surface area contributed by atoms with E-state index in [4.69, 9.17) is 0 Å². The lowest BCUT2D eigenvalue weighted by atomic mass is 10.1. The number of hydrogen-bond acceptors (Lipinski definition) is 4. The van der Waals surface area contributed by atoms with Crippen molar-refractivity contribution in [1.29, 1.82) is 0 Å². The summed E-state index contributed by atoms with van der Waals surface area (Å²) in [6, 6.07) is 0. The molecule has 0 unspecified atom stereocenters. The summed E-state index contributed by atoms with van der Waals surface area (Å²) in [5, 5.41) is 0. The lowest BCUT2D eigenvalue weighted by Crippen LogP contribution is -2.36. The number of nitrogens with zero attached hydrogens (tertiary/aromatic N) is 3. The van der Waals surface area contributed by atoms with Crippen molar-refractivity contribution in [3.63, 3.8) is 0 Å². The Hall–Kier alpha value is -1.45. The van der Waals surface area contributed by atoms with Crippen LogP contribution in [-0.2, 0) is 4.79 Å². The zero-order valence-electron chi connectivity index (χ0n) is 9.16. The Morgan fingerprint density at radius 1 is 1.40 bits per heavy atom. The molecular formula is C11H15N3O. The fourth-order valence-electron chi connectivity index (χ4n) is 1.84. The number of piperidine rings is 1. The van der Waals surface area contributed by atoms with Crippen LogP contribution in [0.4, 0.5) is 5.82 Å². The van der Waals surface area contributed by atoms with Crippen LogP contribution in [0.5, 0.6) is 0 Å². The molecule has 4 nitrogen and oxygen atoms in total. The fourth-order valence-corrected chi connectivity index (χ4v) is 1.84. The van der Waals surface area contributed by atoms with Crippen molar-refractivity contribution in [1.82, 2.24) is 9.97 Å². The molecule has 0 atom stereocenters. The molecule has 1 aliphatic rings. The maximum absolute atomic E-state index is 11.4. The molecule has 2 heterocycles. The molecule has 0 aliphatic carbocycles. The second kappa shape index (κ2) is 3.96. The summed E-state index contributed by atoms with van der Waals surface area (Å²) in [4.78, 5) is 22.1. The summed E-state index contributed by atoms with van der Waals surface area (Å²) in [6.45, 7) is 5.24. The van der Waals surface area contributed by atoms with Gasteiger partial charge in [0.05, 0.1) is 17.9 Å². The fraction of sp³-hybridized carbons (Fsp3) is 0.545. The number of carbonyl (C=O) groups excluding carboxylic acids is 1. The molecule has 0 N–H and O–H groups in total. The summed E-state index contributed by atoms with van der Waals surface area (Å²) in [5.41, 5.74) is 1.80. The lowest BCUT2D eigenvalue weighted by molar-refractivity contribution is -0.118. The summed E-state index contributed by atoms with van der Waals surface area (Å²) in [7, 11) is 0. The number of carbonyl (C=O) groups is 1. The minimum atomic E-state index is 0.295. The molecule has 80 valence electrons. The highest BCUT2D eigenvalue weighted by atomic mass is 16.1. The van der Waals surface area contributed by atoms with Crippen LogP contribution in [-0.4, -0.2) is 28.8 Å². The van der Waals surface area contributed by atoms with E-state index in [2.05, 4.69) is 9.97 Å². The summed E-state index contributed by atoms with van der Waals surface area (Å²) in [6.07, 6.45) is 3.38. The first-order valence-corrected chi connectivity index (χ1v) is 5.23. The van der Waals surface area contributed by atoms with E-state index in [0.717, 1.165) is 30.2 Å². The van der Waals surface area contributed by atoms with Gasteiger partial charge in [-0.05, 0) is 20.3 Å². The molecule has 4 heteroatoms. The second-order valence-electron chi connectivity index (χ2n) is 3.98. The van der Waals surface area contributed by atoms with E-state index in [1.807, 2.05) is 18.7 Å². The minimum Gasteiger partial charge on any atom is -0.348 e. The normalized spacial score (nSPS) is 16.9. The largest absolute Gasteiger partial charge is 0.348 e. The van der Waals surface area contributed by atoms with Gasteiger partial charge in [-0.1, -0.05) is 0 Å². The molecule has 1 aromatic rings. The highest BCUT2D eigenvalue weighted by Crippen LogP contribution is 2.18. The smallest absolute Gasteiger partial charge is 0.152 e. The van der Waals surface area contributed by atoms with Crippen molar-refractivity contribution in [2.45, 2.75) is 26.7 Å². The molecule has 1 saturated heterocycles. The van der Waals surface area contributed by atoms with E-state index in [0.29, 0.717) is 18.7 Å². The lowest BCUT2D eigenvalue weighted by Gasteiger charge is -2.27. The van der Waals surface area contributed by atoms with Crippen LogP contribution < -0.4 is 4.90 Å². The van der Waals surface area contributed by atoms with Gasteiger partial charge in [-0.25, -0.2) is 4.98 Å².